The number of rotatable bonds is 1. The fourth-order valence-electron chi connectivity index (χ4n) is 5.83. The van der Waals surface area contributed by atoms with E-state index in [9.17, 15) is 9.59 Å². The summed E-state index contributed by atoms with van der Waals surface area (Å²) in [5, 5.41) is 6.98. The summed E-state index contributed by atoms with van der Waals surface area (Å²) in [6.07, 6.45) is 3.82. The predicted octanol–water partition coefficient (Wildman–Crippen LogP) is 2.94. The van der Waals surface area contributed by atoms with E-state index in [1.807, 2.05) is 36.0 Å². The molecule has 2 amide bonds. The molecule has 1 saturated heterocycles. The van der Waals surface area contributed by atoms with Crippen LogP contribution in [0.2, 0.25) is 0 Å². The molecule has 144 valence electrons. The summed E-state index contributed by atoms with van der Waals surface area (Å²) in [6.45, 7) is 4.03. The van der Waals surface area contributed by atoms with Crippen LogP contribution < -0.4 is 10.6 Å². The number of thioether (sulfide) groups is 1. The Morgan fingerprint density at radius 1 is 1.22 bits per heavy atom. The van der Waals surface area contributed by atoms with Crippen LogP contribution in [0.1, 0.15) is 43.0 Å². The van der Waals surface area contributed by atoms with Crippen molar-refractivity contribution in [3.8, 4) is 0 Å². The molecule has 1 aromatic rings. The molecule has 2 bridgehead atoms. The number of nitrogens with zero attached hydrogens (tertiary/aromatic N) is 1. The molecule has 6 rings (SSSR count). The standard InChI is InChI=1S/C21H27N3O2S/c1-20-7-6-14(12-16(20)19(26)24-8-10-27-11-9-24)21(13-20)22-17-5-3-2-4-15(17)18(25)23-21/h2-5,14,16,22H,6-13H2,1H3,(H,23,25)/t14-,16+,20-,21+/m0/s1. The van der Waals surface area contributed by atoms with E-state index in [1.54, 1.807) is 0 Å². The Hall–Kier alpha value is -1.69. The number of anilines is 1. The van der Waals surface area contributed by atoms with E-state index in [0.29, 0.717) is 17.4 Å². The van der Waals surface area contributed by atoms with Gasteiger partial charge in [-0.1, -0.05) is 19.1 Å². The van der Waals surface area contributed by atoms with Crippen LogP contribution >= 0.6 is 11.8 Å². The number of amides is 2. The number of para-hydroxylation sites is 1. The Kier molecular flexibility index (Phi) is 3.97. The summed E-state index contributed by atoms with van der Waals surface area (Å²) in [7, 11) is 0. The van der Waals surface area contributed by atoms with Crippen LogP contribution in [0.15, 0.2) is 24.3 Å². The van der Waals surface area contributed by atoms with Gasteiger partial charge in [-0.3, -0.25) is 9.59 Å². The average Bonchev–Trinajstić information content (AvgIpc) is 2.68. The maximum atomic E-state index is 13.3. The zero-order chi connectivity index (χ0) is 18.6. The molecule has 5 nitrogen and oxygen atoms in total. The highest BCUT2D eigenvalue weighted by Crippen LogP contribution is 2.58. The van der Waals surface area contributed by atoms with Crippen LogP contribution in [-0.2, 0) is 4.79 Å². The lowest BCUT2D eigenvalue weighted by molar-refractivity contribution is -0.150. The highest BCUT2D eigenvalue weighted by Gasteiger charge is 2.60. The van der Waals surface area contributed by atoms with Crippen molar-refractivity contribution >= 4 is 29.3 Å². The van der Waals surface area contributed by atoms with E-state index in [-0.39, 0.29) is 17.2 Å². The molecule has 3 aliphatic carbocycles. The quantitative estimate of drug-likeness (QED) is 0.780. The smallest absolute Gasteiger partial charge is 0.255 e. The van der Waals surface area contributed by atoms with Gasteiger partial charge in [0.1, 0.15) is 5.66 Å². The average molecular weight is 386 g/mol. The summed E-state index contributed by atoms with van der Waals surface area (Å²) in [6, 6.07) is 7.74. The normalized spacial score (nSPS) is 37.5. The van der Waals surface area contributed by atoms with Crippen molar-refractivity contribution in [2.75, 3.05) is 29.9 Å². The summed E-state index contributed by atoms with van der Waals surface area (Å²) in [4.78, 5) is 28.2. The van der Waals surface area contributed by atoms with Crippen LogP contribution in [-0.4, -0.2) is 47.0 Å². The van der Waals surface area contributed by atoms with Gasteiger partial charge in [-0.15, -0.1) is 0 Å². The van der Waals surface area contributed by atoms with Crippen LogP contribution in [0.25, 0.3) is 0 Å². The number of hydrogen-bond donors (Lipinski definition) is 2. The molecule has 2 heterocycles. The van der Waals surface area contributed by atoms with Crippen LogP contribution in [0.3, 0.4) is 0 Å². The number of hydrogen-bond acceptors (Lipinski definition) is 4. The predicted molar refractivity (Wildman–Crippen MR) is 108 cm³/mol. The zero-order valence-corrected chi connectivity index (χ0v) is 16.6. The monoisotopic (exact) mass is 385 g/mol. The van der Waals surface area contributed by atoms with E-state index >= 15 is 0 Å². The van der Waals surface area contributed by atoms with E-state index in [2.05, 4.69) is 22.5 Å². The second-order valence-electron chi connectivity index (χ2n) is 8.89. The minimum absolute atomic E-state index is 0.0106. The SMILES string of the molecule is C[C@@]12CC[C@@H](C[C@@H]1C(=O)N1CCSCC1)[C@@]1(C2)NC(=O)c2ccccc2N1. The molecule has 1 aromatic carbocycles. The second-order valence-corrected chi connectivity index (χ2v) is 10.1. The van der Waals surface area contributed by atoms with Gasteiger partial charge in [0.15, 0.2) is 0 Å². The number of carbonyl (C=O) groups is 2. The molecular weight excluding hydrogens is 358 g/mol. The van der Waals surface area contributed by atoms with Gasteiger partial charge in [0.25, 0.3) is 5.91 Å². The zero-order valence-electron chi connectivity index (χ0n) is 15.8. The van der Waals surface area contributed by atoms with Crippen molar-refractivity contribution in [2.24, 2.45) is 17.3 Å². The summed E-state index contributed by atoms with van der Waals surface area (Å²) >= 11 is 1.94. The summed E-state index contributed by atoms with van der Waals surface area (Å²) < 4.78 is 0. The number of carbonyl (C=O) groups excluding carboxylic acids is 2. The lowest BCUT2D eigenvalue weighted by Gasteiger charge is -2.61. The molecule has 4 atom stereocenters. The molecule has 2 aliphatic heterocycles. The third kappa shape index (κ3) is 2.67. The van der Waals surface area contributed by atoms with Crippen molar-refractivity contribution in [1.82, 2.24) is 10.2 Å². The molecule has 6 heteroatoms. The van der Waals surface area contributed by atoms with Crippen molar-refractivity contribution in [3.63, 3.8) is 0 Å². The topological polar surface area (TPSA) is 61.4 Å². The largest absolute Gasteiger partial charge is 0.362 e. The Morgan fingerprint density at radius 2 is 2.00 bits per heavy atom. The van der Waals surface area contributed by atoms with Gasteiger partial charge in [0.05, 0.1) is 5.56 Å². The molecule has 0 unspecified atom stereocenters. The van der Waals surface area contributed by atoms with Crippen molar-refractivity contribution in [2.45, 2.75) is 38.3 Å². The number of nitrogens with one attached hydrogen (secondary N) is 2. The van der Waals surface area contributed by atoms with Gasteiger partial charge in [0, 0.05) is 42.1 Å². The Balaban J connectivity index is 1.43. The van der Waals surface area contributed by atoms with Crippen molar-refractivity contribution in [1.29, 1.82) is 0 Å². The number of fused-ring (bicyclic) bond motifs is 3. The molecule has 5 aliphatic rings. The van der Waals surface area contributed by atoms with Gasteiger partial charge in [-0.25, -0.2) is 0 Å². The second kappa shape index (κ2) is 6.16. The van der Waals surface area contributed by atoms with Gasteiger partial charge in [-0.2, -0.15) is 11.8 Å². The maximum absolute atomic E-state index is 13.3. The molecule has 3 saturated carbocycles. The lowest BCUT2D eigenvalue weighted by Crippen LogP contribution is -2.70. The van der Waals surface area contributed by atoms with Gasteiger partial charge in [0.2, 0.25) is 5.91 Å². The third-order valence-electron chi connectivity index (χ3n) is 7.29. The molecule has 2 N–H and O–H groups in total. The highest BCUT2D eigenvalue weighted by molar-refractivity contribution is 7.99. The molecule has 0 radical (unpaired) electrons. The van der Waals surface area contributed by atoms with Crippen molar-refractivity contribution in [3.05, 3.63) is 29.8 Å². The fourth-order valence-corrected chi connectivity index (χ4v) is 6.74. The van der Waals surface area contributed by atoms with E-state index < -0.39 is 5.66 Å². The van der Waals surface area contributed by atoms with Gasteiger partial charge in [-0.05, 0) is 43.2 Å². The van der Waals surface area contributed by atoms with E-state index in [1.165, 1.54) is 0 Å². The van der Waals surface area contributed by atoms with Crippen LogP contribution in [0.4, 0.5) is 5.69 Å². The van der Waals surface area contributed by atoms with E-state index in [0.717, 1.165) is 56.0 Å². The molecule has 1 spiro atoms. The van der Waals surface area contributed by atoms with Crippen LogP contribution in [0.5, 0.6) is 0 Å². The van der Waals surface area contributed by atoms with Crippen LogP contribution in [0, 0.1) is 17.3 Å². The molecule has 27 heavy (non-hydrogen) atoms. The molecular formula is C21H27N3O2S. The first kappa shape index (κ1) is 17.4. The third-order valence-corrected chi connectivity index (χ3v) is 8.23. The Labute approximate surface area is 164 Å². The first-order chi connectivity index (χ1) is 13.0. The van der Waals surface area contributed by atoms with E-state index in [4.69, 9.17) is 0 Å². The molecule has 4 fully saturated rings. The van der Waals surface area contributed by atoms with Gasteiger partial charge >= 0.3 is 0 Å². The summed E-state index contributed by atoms with van der Waals surface area (Å²) in [5.41, 5.74) is 1.16. The lowest BCUT2D eigenvalue weighted by atomic mass is 9.51. The molecule has 0 aromatic heterocycles. The first-order valence-corrected chi connectivity index (χ1v) is 11.2. The summed E-state index contributed by atoms with van der Waals surface area (Å²) in [5.74, 6) is 2.84. The maximum Gasteiger partial charge on any atom is 0.255 e. The number of benzene rings is 1. The van der Waals surface area contributed by atoms with Crippen molar-refractivity contribution < 1.29 is 9.59 Å². The Morgan fingerprint density at radius 3 is 2.78 bits per heavy atom. The minimum atomic E-state index is -0.410. The fraction of sp³-hybridized carbons (Fsp3) is 0.619. The first-order valence-electron chi connectivity index (χ1n) is 10.1. The minimum Gasteiger partial charge on any atom is -0.362 e. The Bertz CT molecular complexity index is 793. The van der Waals surface area contributed by atoms with Gasteiger partial charge < -0.3 is 15.5 Å². The highest BCUT2D eigenvalue weighted by atomic mass is 32.2.